The molecule has 9 nitrogen and oxygen atoms in total. The minimum Gasteiger partial charge on any atom is -0.493 e. The van der Waals surface area contributed by atoms with Gasteiger partial charge in [-0.3, -0.25) is 9.36 Å². The Morgan fingerprint density at radius 2 is 1.79 bits per heavy atom. The van der Waals surface area contributed by atoms with Gasteiger partial charge in [-0.05, 0) is 54.8 Å². The molecule has 1 fully saturated rings. The van der Waals surface area contributed by atoms with Crippen molar-refractivity contribution in [2.24, 2.45) is 0 Å². The number of aromatic nitrogens is 4. The number of ether oxygens (including phenoxy) is 1. The van der Waals surface area contributed by atoms with Crippen molar-refractivity contribution < 1.29 is 14.6 Å². The Balaban J connectivity index is 1.29. The van der Waals surface area contributed by atoms with Crippen molar-refractivity contribution in [3.8, 4) is 34.1 Å². The second-order valence-corrected chi connectivity index (χ2v) is 11.7. The minimum absolute atomic E-state index is 0.0322. The lowest BCUT2D eigenvalue weighted by Gasteiger charge is -2.17. The number of nitrogens with one attached hydrogen (secondary N) is 2. The van der Waals surface area contributed by atoms with Crippen LogP contribution in [0.5, 0.6) is 11.6 Å². The first kappa shape index (κ1) is 28.8. The summed E-state index contributed by atoms with van der Waals surface area (Å²) in [6.07, 6.45) is 4.11. The maximum Gasteiger partial charge on any atom is 0.329 e. The molecule has 43 heavy (non-hydrogen) atoms. The summed E-state index contributed by atoms with van der Waals surface area (Å²) in [6.45, 7) is 1.51. The molecular formula is C32H29BrClN5O4. The van der Waals surface area contributed by atoms with Gasteiger partial charge in [-0.15, -0.1) is 0 Å². The van der Waals surface area contributed by atoms with Crippen LogP contribution in [0.3, 0.4) is 0 Å². The third-order valence-corrected chi connectivity index (χ3v) is 8.39. The molecule has 1 amide bonds. The van der Waals surface area contributed by atoms with Crippen LogP contribution in [-0.4, -0.2) is 55.1 Å². The highest BCUT2D eigenvalue weighted by atomic mass is 79.9. The lowest BCUT2D eigenvalue weighted by molar-refractivity contribution is -0.132. The second-order valence-electron chi connectivity index (χ2n) is 10.4. The summed E-state index contributed by atoms with van der Waals surface area (Å²) in [5, 5.41) is 12.0. The highest BCUT2D eigenvalue weighted by Gasteiger charge is 2.27. The molecule has 11 heteroatoms. The molecule has 0 saturated carbocycles. The van der Waals surface area contributed by atoms with Gasteiger partial charge in [-0.1, -0.05) is 63.9 Å². The van der Waals surface area contributed by atoms with Crippen LogP contribution in [0.1, 0.15) is 30.3 Å². The van der Waals surface area contributed by atoms with Crippen molar-refractivity contribution in [1.29, 1.82) is 0 Å². The van der Waals surface area contributed by atoms with Gasteiger partial charge in [0.15, 0.2) is 6.61 Å². The molecule has 0 aliphatic carbocycles. The maximum atomic E-state index is 13.4. The summed E-state index contributed by atoms with van der Waals surface area (Å²) >= 11 is 9.92. The average Bonchev–Trinajstić information content (AvgIpc) is 3.77. The summed E-state index contributed by atoms with van der Waals surface area (Å²) in [6, 6.07) is 21.5. The molecule has 1 aliphatic heterocycles. The number of hydrogen-bond acceptors (Lipinski definition) is 5. The zero-order valence-electron chi connectivity index (χ0n) is 23.1. The van der Waals surface area contributed by atoms with E-state index in [9.17, 15) is 14.7 Å². The van der Waals surface area contributed by atoms with E-state index in [1.165, 1.54) is 4.57 Å². The van der Waals surface area contributed by atoms with E-state index in [1.807, 2.05) is 42.5 Å². The second kappa shape index (κ2) is 12.5. The van der Waals surface area contributed by atoms with Crippen LogP contribution in [-0.2, 0) is 11.2 Å². The summed E-state index contributed by atoms with van der Waals surface area (Å²) < 4.78 is 7.86. The van der Waals surface area contributed by atoms with Crippen molar-refractivity contribution in [3.05, 3.63) is 110 Å². The van der Waals surface area contributed by atoms with Gasteiger partial charge in [-0.2, -0.15) is 0 Å². The maximum absolute atomic E-state index is 13.4. The first-order valence-corrected chi connectivity index (χ1v) is 15.1. The van der Waals surface area contributed by atoms with Gasteiger partial charge in [-0.25, -0.2) is 9.78 Å². The number of rotatable bonds is 9. The highest BCUT2D eigenvalue weighted by Crippen LogP contribution is 2.34. The molecule has 3 aromatic carbocycles. The van der Waals surface area contributed by atoms with Gasteiger partial charge < -0.3 is 24.7 Å². The van der Waals surface area contributed by atoms with Crippen LogP contribution < -0.4 is 10.4 Å². The number of carbonyl (C=O) groups excluding carboxylic acids is 1. The van der Waals surface area contributed by atoms with Gasteiger partial charge in [0.25, 0.3) is 5.91 Å². The van der Waals surface area contributed by atoms with Gasteiger partial charge in [0.2, 0.25) is 5.88 Å². The van der Waals surface area contributed by atoms with Gasteiger partial charge in [0, 0.05) is 35.1 Å². The highest BCUT2D eigenvalue weighted by molar-refractivity contribution is 9.10. The Hall–Kier alpha value is -4.28. The number of aromatic amines is 2. The molecular weight excluding hydrogens is 634 g/mol. The van der Waals surface area contributed by atoms with E-state index < -0.39 is 11.7 Å². The molecule has 2 aromatic heterocycles. The standard InChI is InChI=1S/C32H29BrClN5O4/c33-22-10-13-24(25(34)17-22)26-18-35-30(36-26)27(16-20-6-2-1-3-7-20)39-31(41)29(37-32(39)42)21-8-11-23(12-9-21)43-19-28(40)38-14-4-5-15-38/h1-3,6-13,17-18,27,41H,4-5,14-16,19H2,(H,35,36)(H,37,42)/t27-/m0/s1. The van der Waals surface area contributed by atoms with Gasteiger partial charge in [0.1, 0.15) is 23.3 Å². The number of benzene rings is 3. The number of imidazole rings is 2. The fourth-order valence-corrected chi connectivity index (χ4v) is 6.12. The van der Waals surface area contributed by atoms with E-state index >= 15 is 0 Å². The van der Waals surface area contributed by atoms with Crippen molar-refractivity contribution in [3.63, 3.8) is 0 Å². The summed E-state index contributed by atoms with van der Waals surface area (Å²) in [7, 11) is 0. The molecule has 0 radical (unpaired) electrons. The first-order valence-electron chi connectivity index (χ1n) is 14.0. The third-order valence-electron chi connectivity index (χ3n) is 7.58. The monoisotopic (exact) mass is 661 g/mol. The summed E-state index contributed by atoms with van der Waals surface area (Å²) in [5.74, 6) is 0.762. The SMILES string of the molecule is O=C(COc1ccc(-c2[nH]c(=O)n([C@@H](Cc3ccccc3)c3ncc(-c4ccc(Br)cc4Cl)[nH]3)c2O)cc1)N1CCCC1. The molecule has 1 atom stereocenters. The van der Waals surface area contributed by atoms with Crippen LogP contribution in [0.4, 0.5) is 0 Å². The molecule has 6 rings (SSSR count). The van der Waals surface area contributed by atoms with Gasteiger partial charge in [0.05, 0.1) is 16.9 Å². The lowest BCUT2D eigenvalue weighted by atomic mass is 10.0. The molecule has 1 saturated heterocycles. The van der Waals surface area contributed by atoms with E-state index in [4.69, 9.17) is 16.3 Å². The third kappa shape index (κ3) is 6.25. The van der Waals surface area contributed by atoms with Crippen LogP contribution in [0.25, 0.3) is 22.5 Å². The number of hydrogen-bond donors (Lipinski definition) is 3. The van der Waals surface area contributed by atoms with Crippen LogP contribution in [0.2, 0.25) is 5.02 Å². The fourth-order valence-electron chi connectivity index (χ4n) is 5.35. The van der Waals surface area contributed by atoms with E-state index in [0.29, 0.717) is 34.3 Å². The Bertz CT molecular complexity index is 1790. The molecule has 5 aromatic rings. The Labute approximate surface area is 261 Å². The Morgan fingerprint density at radius 1 is 1.05 bits per heavy atom. The van der Waals surface area contributed by atoms with Crippen LogP contribution in [0.15, 0.2) is 88.3 Å². The largest absolute Gasteiger partial charge is 0.493 e. The van der Waals surface area contributed by atoms with Crippen LogP contribution in [0, 0.1) is 0 Å². The normalized spacial score (nSPS) is 13.8. The molecule has 1 aliphatic rings. The number of aromatic hydroxyl groups is 1. The number of halogens is 2. The predicted molar refractivity (Wildman–Crippen MR) is 168 cm³/mol. The quantitative estimate of drug-likeness (QED) is 0.174. The Kier molecular flexibility index (Phi) is 8.40. The number of likely N-dealkylation sites (tertiary alicyclic amines) is 1. The van der Waals surface area contributed by atoms with E-state index in [1.54, 1.807) is 41.4 Å². The van der Waals surface area contributed by atoms with Crippen molar-refractivity contribution >= 4 is 33.4 Å². The summed E-state index contributed by atoms with van der Waals surface area (Å²) in [5.41, 5.74) is 2.79. The fraction of sp³-hybridized carbons (Fsp3) is 0.219. The number of carbonyl (C=O) groups is 1. The number of nitrogens with zero attached hydrogens (tertiary/aromatic N) is 3. The van der Waals surface area contributed by atoms with Gasteiger partial charge >= 0.3 is 5.69 Å². The molecule has 0 unspecified atom stereocenters. The van der Waals surface area contributed by atoms with Crippen LogP contribution >= 0.6 is 27.5 Å². The van der Waals surface area contributed by atoms with Crippen molar-refractivity contribution in [1.82, 2.24) is 24.4 Å². The summed E-state index contributed by atoms with van der Waals surface area (Å²) in [4.78, 5) is 38.3. The van der Waals surface area contributed by atoms with Crippen molar-refractivity contribution in [2.45, 2.75) is 25.3 Å². The van der Waals surface area contributed by atoms with Crippen molar-refractivity contribution in [2.75, 3.05) is 19.7 Å². The Morgan fingerprint density at radius 3 is 2.51 bits per heavy atom. The average molecular weight is 663 g/mol. The minimum atomic E-state index is -0.651. The van der Waals surface area contributed by atoms with E-state index in [2.05, 4.69) is 30.9 Å². The molecule has 0 spiro atoms. The molecule has 220 valence electrons. The molecule has 3 heterocycles. The zero-order valence-corrected chi connectivity index (χ0v) is 25.4. The lowest BCUT2D eigenvalue weighted by Crippen LogP contribution is -2.32. The molecule has 0 bridgehead atoms. The smallest absolute Gasteiger partial charge is 0.329 e. The topological polar surface area (TPSA) is 116 Å². The predicted octanol–water partition coefficient (Wildman–Crippen LogP) is 6.19. The molecule has 3 N–H and O–H groups in total. The number of H-pyrrole nitrogens is 2. The van der Waals surface area contributed by atoms with E-state index in [0.717, 1.165) is 41.5 Å². The number of amides is 1. The first-order chi connectivity index (χ1) is 20.9. The van der Waals surface area contributed by atoms with E-state index in [-0.39, 0.29) is 24.1 Å². The zero-order chi connectivity index (χ0) is 29.9.